The average Bonchev–Trinajstić information content (AvgIpc) is 2.06. The molecule has 2 heteroatoms. The molecule has 1 saturated carbocycles. The summed E-state index contributed by atoms with van der Waals surface area (Å²) in [5.74, 6) is 0.971. The Morgan fingerprint density at radius 3 is 2.33 bits per heavy atom. The quantitative estimate of drug-likeness (QED) is 0.679. The van der Waals surface area contributed by atoms with Gasteiger partial charge in [0.25, 0.3) is 0 Å². The minimum absolute atomic E-state index is 0.860. The summed E-state index contributed by atoms with van der Waals surface area (Å²) >= 11 is 3.49. The van der Waals surface area contributed by atoms with E-state index in [-0.39, 0.29) is 0 Å². The van der Waals surface area contributed by atoms with Crippen LogP contribution < -0.4 is 0 Å². The van der Waals surface area contributed by atoms with Gasteiger partial charge < -0.3 is 4.90 Å². The molecule has 0 aromatic rings. The first kappa shape index (κ1) is 10.5. The van der Waals surface area contributed by atoms with Gasteiger partial charge in [0.15, 0.2) is 0 Å². The molecule has 0 aromatic heterocycles. The molecule has 1 nitrogen and oxygen atoms in total. The molecule has 0 aliphatic heterocycles. The largest absolute Gasteiger partial charge is 0.303 e. The van der Waals surface area contributed by atoms with Crippen LogP contribution >= 0.6 is 15.9 Å². The summed E-state index contributed by atoms with van der Waals surface area (Å²) in [6.45, 7) is 3.57. The van der Waals surface area contributed by atoms with Crippen LogP contribution in [0.1, 0.15) is 32.6 Å². The van der Waals surface area contributed by atoms with E-state index in [1.165, 1.54) is 32.2 Å². The van der Waals surface area contributed by atoms with Crippen molar-refractivity contribution in [2.24, 2.45) is 5.92 Å². The zero-order valence-corrected chi connectivity index (χ0v) is 9.81. The van der Waals surface area contributed by atoms with Crippen molar-refractivity contribution in [3.63, 3.8) is 0 Å². The Balaban J connectivity index is 2.24. The van der Waals surface area contributed by atoms with Gasteiger partial charge in [-0.05, 0) is 38.6 Å². The molecule has 1 aliphatic carbocycles. The van der Waals surface area contributed by atoms with E-state index < -0.39 is 0 Å². The second kappa shape index (κ2) is 5.23. The van der Waals surface area contributed by atoms with Crippen molar-refractivity contribution in [1.29, 1.82) is 0 Å². The number of hydrogen-bond donors (Lipinski definition) is 0. The van der Waals surface area contributed by atoms with E-state index >= 15 is 0 Å². The Morgan fingerprint density at radius 1 is 1.25 bits per heavy atom. The molecule has 1 rings (SSSR count). The molecule has 0 unspecified atom stereocenters. The molecule has 72 valence electrons. The molecule has 0 N–H and O–H groups in total. The third-order valence-electron chi connectivity index (χ3n) is 3.05. The highest BCUT2D eigenvalue weighted by Crippen LogP contribution is 2.26. The first-order valence-corrected chi connectivity index (χ1v) is 6.12. The molecule has 0 spiro atoms. The molecule has 0 saturated heterocycles. The first-order chi connectivity index (χ1) is 5.74. The van der Waals surface area contributed by atoms with Crippen molar-refractivity contribution in [1.82, 2.24) is 4.90 Å². The lowest BCUT2D eigenvalue weighted by molar-refractivity contribution is 0.179. The SMILES string of the molecule is CC1CCC(N(C)CCBr)CC1. The zero-order chi connectivity index (χ0) is 8.97. The summed E-state index contributed by atoms with van der Waals surface area (Å²) in [6, 6.07) is 0.860. The summed E-state index contributed by atoms with van der Waals surface area (Å²) in [6.07, 6.45) is 5.67. The van der Waals surface area contributed by atoms with E-state index in [0.717, 1.165) is 17.3 Å². The maximum absolute atomic E-state index is 3.49. The number of hydrogen-bond acceptors (Lipinski definition) is 1. The third kappa shape index (κ3) is 3.06. The zero-order valence-electron chi connectivity index (χ0n) is 8.22. The van der Waals surface area contributed by atoms with E-state index in [4.69, 9.17) is 0 Å². The number of rotatable bonds is 3. The standard InChI is InChI=1S/C10H20BrN/c1-9-3-5-10(6-4-9)12(2)8-7-11/h9-10H,3-8H2,1-2H3. The highest BCUT2D eigenvalue weighted by atomic mass is 79.9. The van der Waals surface area contributed by atoms with Crippen LogP contribution in [-0.2, 0) is 0 Å². The van der Waals surface area contributed by atoms with Gasteiger partial charge >= 0.3 is 0 Å². The summed E-state index contributed by atoms with van der Waals surface area (Å²) in [7, 11) is 2.25. The summed E-state index contributed by atoms with van der Waals surface area (Å²) in [5.41, 5.74) is 0. The molecule has 1 aliphatic rings. The summed E-state index contributed by atoms with van der Waals surface area (Å²) in [5, 5.41) is 1.11. The second-order valence-electron chi connectivity index (χ2n) is 4.08. The van der Waals surface area contributed by atoms with Crippen LogP contribution in [0, 0.1) is 5.92 Å². The lowest BCUT2D eigenvalue weighted by Crippen LogP contribution is -2.35. The fourth-order valence-corrected chi connectivity index (χ4v) is 2.56. The normalized spacial score (nSPS) is 31.0. The Bertz CT molecular complexity index is 119. The molecular weight excluding hydrogens is 214 g/mol. The lowest BCUT2D eigenvalue weighted by Gasteiger charge is -2.33. The van der Waals surface area contributed by atoms with Crippen LogP contribution in [-0.4, -0.2) is 29.9 Å². The Kier molecular flexibility index (Phi) is 4.59. The van der Waals surface area contributed by atoms with Crippen molar-refractivity contribution < 1.29 is 0 Å². The van der Waals surface area contributed by atoms with E-state index in [2.05, 4.69) is 34.8 Å². The third-order valence-corrected chi connectivity index (χ3v) is 3.40. The molecule has 0 amide bonds. The molecule has 12 heavy (non-hydrogen) atoms. The van der Waals surface area contributed by atoms with Gasteiger partial charge in [0.1, 0.15) is 0 Å². The molecule has 0 heterocycles. The Morgan fingerprint density at radius 2 is 1.83 bits per heavy atom. The second-order valence-corrected chi connectivity index (χ2v) is 4.88. The van der Waals surface area contributed by atoms with Crippen molar-refractivity contribution in [2.45, 2.75) is 38.6 Å². The molecule has 0 radical (unpaired) electrons. The Hall–Kier alpha value is 0.440. The van der Waals surface area contributed by atoms with Crippen molar-refractivity contribution in [3.05, 3.63) is 0 Å². The topological polar surface area (TPSA) is 3.24 Å². The van der Waals surface area contributed by atoms with Crippen LogP contribution in [0.2, 0.25) is 0 Å². The van der Waals surface area contributed by atoms with E-state index in [0.29, 0.717) is 0 Å². The molecular formula is C10H20BrN. The maximum atomic E-state index is 3.49. The maximum Gasteiger partial charge on any atom is 0.0159 e. The van der Waals surface area contributed by atoms with Crippen molar-refractivity contribution >= 4 is 15.9 Å². The van der Waals surface area contributed by atoms with Gasteiger partial charge in [0, 0.05) is 17.9 Å². The highest BCUT2D eigenvalue weighted by molar-refractivity contribution is 9.09. The van der Waals surface area contributed by atoms with Gasteiger partial charge in [-0.1, -0.05) is 22.9 Å². The summed E-state index contributed by atoms with van der Waals surface area (Å²) in [4.78, 5) is 2.50. The Labute approximate surface area is 84.6 Å². The average molecular weight is 234 g/mol. The minimum Gasteiger partial charge on any atom is -0.303 e. The van der Waals surface area contributed by atoms with Crippen LogP contribution in [0.3, 0.4) is 0 Å². The number of halogens is 1. The van der Waals surface area contributed by atoms with Gasteiger partial charge in [0.05, 0.1) is 0 Å². The van der Waals surface area contributed by atoms with Crippen LogP contribution in [0.25, 0.3) is 0 Å². The monoisotopic (exact) mass is 233 g/mol. The van der Waals surface area contributed by atoms with Crippen LogP contribution in [0.4, 0.5) is 0 Å². The van der Waals surface area contributed by atoms with Gasteiger partial charge in [-0.3, -0.25) is 0 Å². The fourth-order valence-electron chi connectivity index (χ4n) is 2.00. The highest BCUT2D eigenvalue weighted by Gasteiger charge is 2.20. The van der Waals surface area contributed by atoms with Crippen LogP contribution in [0.15, 0.2) is 0 Å². The molecule has 0 aromatic carbocycles. The van der Waals surface area contributed by atoms with E-state index in [9.17, 15) is 0 Å². The van der Waals surface area contributed by atoms with Crippen molar-refractivity contribution in [2.75, 3.05) is 18.9 Å². The number of alkyl halides is 1. The first-order valence-electron chi connectivity index (χ1n) is 5.00. The molecule has 0 atom stereocenters. The lowest BCUT2D eigenvalue weighted by atomic mass is 9.87. The van der Waals surface area contributed by atoms with Crippen LogP contribution in [0.5, 0.6) is 0 Å². The predicted molar refractivity (Wildman–Crippen MR) is 57.8 cm³/mol. The number of nitrogens with zero attached hydrogens (tertiary/aromatic N) is 1. The van der Waals surface area contributed by atoms with Gasteiger partial charge in [-0.15, -0.1) is 0 Å². The minimum atomic E-state index is 0.860. The van der Waals surface area contributed by atoms with E-state index in [1.54, 1.807) is 0 Å². The smallest absolute Gasteiger partial charge is 0.0159 e. The predicted octanol–water partition coefficient (Wildman–Crippen LogP) is 2.89. The van der Waals surface area contributed by atoms with Gasteiger partial charge in [-0.2, -0.15) is 0 Å². The van der Waals surface area contributed by atoms with Gasteiger partial charge in [0.2, 0.25) is 0 Å². The van der Waals surface area contributed by atoms with Gasteiger partial charge in [-0.25, -0.2) is 0 Å². The molecule has 0 bridgehead atoms. The van der Waals surface area contributed by atoms with E-state index in [1.807, 2.05) is 0 Å². The summed E-state index contributed by atoms with van der Waals surface area (Å²) < 4.78 is 0. The fraction of sp³-hybridized carbons (Fsp3) is 1.00. The molecule has 1 fully saturated rings. The van der Waals surface area contributed by atoms with Crippen molar-refractivity contribution in [3.8, 4) is 0 Å².